The summed E-state index contributed by atoms with van der Waals surface area (Å²) in [6.45, 7) is 6.99. The van der Waals surface area contributed by atoms with Gasteiger partial charge in [0.25, 0.3) is 0 Å². The molecule has 2 fully saturated rings. The van der Waals surface area contributed by atoms with Gasteiger partial charge in [0.1, 0.15) is 36.9 Å². The summed E-state index contributed by atoms with van der Waals surface area (Å²) in [5, 5.41) is 9.77. The highest BCUT2D eigenvalue weighted by molar-refractivity contribution is 5.45. The first kappa shape index (κ1) is 18.3. The summed E-state index contributed by atoms with van der Waals surface area (Å²) in [6.07, 6.45) is 0.449. The van der Waals surface area contributed by atoms with E-state index in [1.54, 1.807) is 0 Å². The quantitative estimate of drug-likeness (QED) is 0.688. The fourth-order valence-corrected chi connectivity index (χ4v) is 3.07. The summed E-state index contributed by atoms with van der Waals surface area (Å²) in [4.78, 5) is 0. The zero-order chi connectivity index (χ0) is 18.9. The van der Waals surface area contributed by atoms with Gasteiger partial charge in [-0.2, -0.15) is 0 Å². The zero-order valence-electron chi connectivity index (χ0n) is 15.8. The molecule has 0 aromatic heterocycles. The minimum atomic E-state index is -0.208. The molecule has 2 heterocycles. The van der Waals surface area contributed by atoms with Gasteiger partial charge in [-0.1, -0.05) is 32.0 Å². The van der Waals surface area contributed by atoms with E-state index >= 15 is 0 Å². The number of epoxide rings is 2. The van der Waals surface area contributed by atoms with Crippen LogP contribution in [0, 0.1) is 0 Å². The van der Waals surface area contributed by atoms with Gasteiger partial charge in [0.2, 0.25) is 0 Å². The standard InChI is InChI=1S/C22H26O5/c1-22(2,16-3-6-18(7-4-16)24-11-19-12-25-19)17-5-8-21(15(9-17)10-23)27-14-20-13-26-20/h3-9,19-20,23H,10-14H2,1-2H3/t19-,20-/m0/s1. The van der Waals surface area contributed by atoms with Crippen molar-refractivity contribution in [2.45, 2.75) is 38.1 Å². The third-order valence-electron chi connectivity index (χ3n) is 5.19. The van der Waals surface area contributed by atoms with Crippen LogP contribution in [0.1, 0.15) is 30.5 Å². The molecule has 4 rings (SSSR count). The second-order valence-electron chi connectivity index (χ2n) is 7.66. The van der Waals surface area contributed by atoms with E-state index in [1.807, 2.05) is 24.3 Å². The van der Waals surface area contributed by atoms with Crippen molar-refractivity contribution in [1.82, 2.24) is 0 Å². The molecule has 0 aliphatic carbocycles. The third kappa shape index (κ3) is 4.43. The summed E-state index contributed by atoms with van der Waals surface area (Å²) < 4.78 is 21.8. The van der Waals surface area contributed by atoms with E-state index in [0.717, 1.165) is 35.8 Å². The van der Waals surface area contributed by atoms with Crippen molar-refractivity contribution in [2.75, 3.05) is 26.4 Å². The van der Waals surface area contributed by atoms with Crippen LogP contribution in [0.2, 0.25) is 0 Å². The Bertz CT molecular complexity index is 776. The van der Waals surface area contributed by atoms with Crippen molar-refractivity contribution in [3.05, 3.63) is 59.2 Å². The number of aliphatic hydroxyl groups excluding tert-OH is 1. The van der Waals surface area contributed by atoms with Crippen LogP contribution >= 0.6 is 0 Å². The van der Waals surface area contributed by atoms with Crippen LogP contribution in [0.3, 0.4) is 0 Å². The minimum Gasteiger partial charge on any atom is -0.491 e. The van der Waals surface area contributed by atoms with Crippen LogP contribution in [0.15, 0.2) is 42.5 Å². The molecule has 2 aliphatic rings. The highest BCUT2D eigenvalue weighted by atomic mass is 16.6. The molecule has 5 nitrogen and oxygen atoms in total. The van der Waals surface area contributed by atoms with Crippen molar-refractivity contribution in [2.24, 2.45) is 0 Å². The monoisotopic (exact) mass is 370 g/mol. The van der Waals surface area contributed by atoms with Crippen LogP contribution in [0.4, 0.5) is 0 Å². The normalized spacial score (nSPS) is 21.0. The summed E-state index contributed by atoms with van der Waals surface area (Å²) >= 11 is 0. The van der Waals surface area contributed by atoms with E-state index < -0.39 is 0 Å². The fraction of sp³-hybridized carbons (Fsp3) is 0.455. The molecule has 0 saturated carbocycles. The molecule has 5 heteroatoms. The number of hydrogen-bond donors (Lipinski definition) is 1. The molecule has 0 spiro atoms. The maximum Gasteiger partial charge on any atom is 0.124 e. The second-order valence-corrected chi connectivity index (χ2v) is 7.66. The molecule has 0 unspecified atom stereocenters. The van der Waals surface area contributed by atoms with E-state index in [9.17, 15) is 5.11 Å². The first-order chi connectivity index (χ1) is 13.1. The molecule has 2 atom stereocenters. The molecular weight excluding hydrogens is 344 g/mol. The van der Waals surface area contributed by atoms with Crippen LogP contribution in [-0.4, -0.2) is 43.7 Å². The van der Waals surface area contributed by atoms with Crippen LogP contribution < -0.4 is 9.47 Å². The number of rotatable bonds is 9. The lowest BCUT2D eigenvalue weighted by Crippen LogP contribution is -2.19. The summed E-state index contributed by atoms with van der Waals surface area (Å²) in [5.41, 5.74) is 2.90. The Hall–Kier alpha value is -2.08. The third-order valence-corrected chi connectivity index (χ3v) is 5.19. The largest absolute Gasteiger partial charge is 0.491 e. The Balaban J connectivity index is 1.49. The molecule has 2 saturated heterocycles. The average molecular weight is 370 g/mol. The molecule has 144 valence electrons. The maximum atomic E-state index is 9.77. The Kier molecular flexibility index (Phi) is 5.08. The maximum absolute atomic E-state index is 9.77. The predicted octanol–water partition coefficient (Wildman–Crippen LogP) is 3.06. The molecule has 0 amide bonds. The van der Waals surface area contributed by atoms with Gasteiger partial charge in [-0.05, 0) is 35.4 Å². The molecule has 1 N–H and O–H groups in total. The smallest absolute Gasteiger partial charge is 0.124 e. The molecule has 0 radical (unpaired) electrons. The number of hydrogen-bond acceptors (Lipinski definition) is 5. The Labute approximate surface area is 159 Å². The summed E-state index contributed by atoms with van der Waals surface area (Å²) in [6, 6.07) is 14.2. The van der Waals surface area contributed by atoms with Crippen molar-refractivity contribution in [3.63, 3.8) is 0 Å². The SMILES string of the molecule is CC(C)(c1ccc(OC[C@H]2CO2)cc1)c1ccc(OC[C@@H]2CO2)c(CO)c1. The topological polar surface area (TPSA) is 63.8 Å². The van der Waals surface area contributed by atoms with Crippen molar-refractivity contribution in [1.29, 1.82) is 0 Å². The highest BCUT2D eigenvalue weighted by Gasteiger charge is 2.26. The number of ether oxygens (including phenoxy) is 4. The van der Waals surface area contributed by atoms with Crippen molar-refractivity contribution < 1.29 is 24.1 Å². The molecular formula is C22H26O5. The number of aliphatic hydroxyl groups is 1. The number of benzene rings is 2. The van der Waals surface area contributed by atoms with Crippen LogP contribution in [0.5, 0.6) is 11.5 Å². The van der Waals surface area contributed by atoms with Gasteiger partial charge in [0.15, 0.2) is 0 Å². The van der Waals surface area contributed by atoms with Crippen LogP contribution in [-0.2, 0) is 21.5 Å². The lowest BCUT2D eigenvalue weighted by Gasteiger charge is -2.27. The van der Waals surface area contributed by atoms with E-state index in [0.29, 0.717) is 13.2 Å². The minimum absolute atomic E-state index is 0.0548. The fourth-order valence-electron chi connectivity index (χ4n) is 3.07. The second kappa shape index (κ2) is 7.50. The van der Waals surface area contributed by atoms with Gasteiger partial charge in [-0.25, -0.2) is 0 Å². The highest BCUT2D eigenvalue weighted by Crippen LogP contribution is 2.35. The Morgan fingerprint density at radius 1 is 0.926 bits per heavy atom. The van der Waals surface area contributed by atoms with E-state index in [2.05, 4.69) is 32.0 Å². The predicted molar refractivity (Wildman–Crippen MR) is 101 cm³/mol. The summed E-state index contributed by atoms with van der Waals surface area (Å²) in [7, 11) is 0. The lowest BCUT2D eigenvalue weighted by molar-refractivity contribution is 0.243. The first-order valence-corrected chi connectivity index (χ1v) is 9.40. The molecule has 27 heavy (non-hydrogen) atoms. The van der Waals surface area contributed by atoms with E-state index in [-0.39, 0.29) is 24.2 Å². The Morgan fingerprint density at radius 3 is 2.11 bits per heavy atom. The average Bonchev–Trinajstić information content (AvgIpc) is 3.59. The van der Waals surface area contributed by atoms with Crippen LogP contribution in [0.25, 0.3) is 0 Å². The van der Waals surface area contributed by atoms with Gasteiger partial charge >= 0.3 is 0 Å². The van der Waals surface area contributed by atoms with Gasteiger partial charge in [-0.3, -0.25) is 0 Å². The van der Waals surface area contributed by atoms with E-state index in [1.165, 1.54) is 5.56 Å². The molecule has 2 aromatic rings. The van der Waals surface area contributed by atoms with Gasteiger partial charge in [-0.15, -0.1) is 0 Å². The zero-order valence-corrected chi connectivity index (χ0v) is 15.8. The van der Waals surface area contributed by atoms with E-state index in [4.69, 9.17) is 18.9 Å². The summed E-state index contributed by atoms with van der Waals surface area (Å²) in [5.74, 6) is 1.57. The molecule has 2 aromatic carbocycles. The lowest BCUT2D eigenvalue weighted by atomic mass is 9.77. The van der Waals surface area contributed by atoms with Crippen molar-refractivity contribution in [3.8, 4) is 11.5 Å². The Morgan fingerprint density at radius 2 is 1.52 bits per heavy atom. The first-order valence-electron chi connectivity index (χ1n) is 9.40. The molecule has 2 aliphatic heterocycles. The van der Waals surface area contributed by atoms with Gasteiger partial charge in [0, 0.05) is 11.0 Å². The van der Waals surface area contributed by atoms with Gasteiger partial charge in [0.05, 0.1) is 19.8 Å². The van der Waals surface area contributed by atoms with Gasteiger partial charge < -0.3 is 24.1 Å². The van der Waals surface area contributed by atoms with Crippen molar-refractivity contribution >= 4 is 0 Å². The molecule has 0 bridgehead atoms.